The van der Waals surface area contributed by atoms with E-state index in [9.17, 15) is 4.79 Å². The number of carbonyl (C=O) groups is 1. The van der Waals surface area contributed by atoms with Crippen LogP contribution in [0.5, 0.6) is 0 Å². The normalized spacial score (nSPS) is 10.4. The van der Waals surface area contributed by atoms with E-state index < -0.39 is 0 Å². The molecule has 2 rings (SSSR count). The zero-order valence-electron chi connectivity index (χ0n) is 6.56. The molecule has 0 amide bonds. The Bertz CT molecular complexity index is 433. The van der Waals surface area contributed by atoms with E-state index in [-0.39, 0.29) is 0 Å². The lowest BCUT2D eigenvalue weighted by Crippen LogP contribution is -1.88. The van der Waals surface area contributed by atoms with Gasteiger partial charge in [0.1, 0.15) is 12.1 Å². The number of nitrogens with zero attached hydrogens (tertiary/aromatic N) is 3. The van der Waals surface area contributed by atoms with Crippen molar-refractivity contribution in [2.75, 3.05) is 0 Å². The van der Waals surface area contributed by atoms with Gasteiger partial charge in [0.15, 0.2) is 5.65 Å². The average molecular weight is 161 g/mol. The number of pyridine rings is 1. The zero-order valence-corrected chi connectivity index (χ0v) is 6.56. The lowest BCUT2D eigenvalue weighted by Gasteiger charge is -1.93. The lowest BCUT2D eigenvalue weighted by atomic mass is 10.3. The van der Waals surface area contributed by atoms with E-state index in [1.807, 2.05) is 11.3 Å². The van der Waals surface area contributed by atoms with Gasteiger partial charge in [0.05, 0.1) is 0 Å². The van der Waals surface area contributed by atoms with Crippen molar-refractivity contribution in [3.63, 3.8) is 0 Å². The number of rotatable bonds is 1. The molecule has 0 saturated heterocycles. The van der Waals surface area contributed by atoms with Gasteiger partial charge in [-0.2, -0.15) is 0 Å². The second kappa shape index (κ2) is 2.41. The highest BCUT2D eigenvalue weighted by molar-refractivity contribution is 5.76. The third-order valence-corrected chi connectivity index (χ3v) is 1.74. The van der Waals surface area contributed by atoms with Gasteiger partial charge in [-0.25, -0.2) is 0 Å². The molecule has 0 radical (unpaired) electrons. The Morgan fingerprint density at radius 3 is 3.08 bits per heavy atom. The second-order valence-corrected chi connectivity index (χ2v) is 2.55. The predicted molar refractivity (Wildman–Crippen MR) is 43.1 cm³/mol. The Hall–Kier alpha value is -1.71. The molecule has 0 N–H and O–H groups in total. The number of fused-ring (bicyclic) bond motifs is 1. The van der Waals surface area contributed by atoms with E-state index in [1.165, 1.54) is 0 Å². The summed E-state index contributed by atoms with van der Waals surface area (Å²) in [5, 5.41) is 7.75. The fourth-order valence-electron chi connectivity index (χ4n) is 1.10. The van der Waals surface area contributed by atoms with E-state index in [2.05, 4.69) is 10.2 Å². The average Bonchev–Trinajstić information content (AvgIpc) is 2.47. The first-order valence-electron chi connectivity index (χ1n) is 3.58. The van der Waals surface area contributed by atoms with Crippen LogP contribution in [0.25, 0.3) is 5.65 Å². The van der Waals surface area contributed by atoms with Crippen LogP contribution >= 0.6 is 0 Å². The number of aldehydes is 1. The molecule has 2 heterocycles. The van der Waals surface area contributed by atoms with Gasteiger partial charge in [-0.3, -0.25) is 9.20 Å². The molecule has 0 spiro atoms. The van der Waals surface area contributed by atoms with Crippen LogP contribution in [-0.2, 0) is 0 Å². The highest BCUT2D eigenvalue weighted by Crippen LogP contribution is 2.04. The van der Waals surface area contributed by atoms with E-state index in [0.717, 1.165) is 12.1 Å². The Balaban J connectivity index is 2.77. The monoisotopic (exact) mass is 161 g/mol. The molecule has 0 bridgehead atoms. The lowest BCUT2D eigenvalue weighted by molar-refractivity contribution is 0.112. The van der Waals surface area contributed by atoms with Gasteiger partial charge < -0.3 is 0 Å². The molecule has 0 aromatic carbocycles. The smallest absolute Gasteiger partial charge is 0.161 e. The van der Waals surface area contributed by atoms with E-state index in [4.69, 9.17) is 0 Å². The van der Waals surface area contributed by atoms with Crippen molar-refractivity contribution in [3.05, 3.63) is 29.7 Å². The Morgan fingerprint density at radius 2 is 2.33 bits per heavy atom. The van der Waals surface area contributed by atoms with Crippen molar-refractivity contribution in [2.45, 2.75) is 6.92 Å². The molecular weight excluding hydrogens is 154 g/mol. The Kier molecular flexibility index (Phi) is 1.40. The maximum atomic E-state index is 10.4. The highest BCUT2D eigenvalue weighted by atomic mass is 16.1. The standard InChI is InChI=1S/C8H7N3O/c1-6-9-10-8-4-7(5-12)2-3-11(6)8/h2-5H,1H3. The summed E-state index contributed by atoms with van der Waals surface area (Å²) in [6.45, 7) is 1.86. The van der Waals surface area contributed by atoms with Crippen molar-refractivity contribution < 1.29 is 4.79 Å². The van der Waals surface area contributed by atoms with Gasteiger partial charge in [0.25, 0.3) is 0 Å². The van der Waals surface area contributed by atoms with Gasteiger partial charge in [0.2, 0.25) is 0 Å². The fraction of sp³-hybridized carbons (Fsp3) is 0.125. The number of hydrogen-bond donors (Lipinski definition) is 0. The Labute approximate surface area is 68.8 Å². The third kappa shape index (κ3) is 0.887. The third-order valence-electron chi connectivity index (χ3n) is 1.74. The summed E-state index contributed by atoms with van der Waals surface area (Å²) in [7, 11) is 0. The molecule has 0 atom stereocenters. The number of aryl methyl sites for hydroxylation is 1. The quantitative estimate of drug-likeness (QED) is 0.582. The molecule has 0 unspecified atom stereocenters. The van der Waals surface area contributed by atoms with Gasteiger partial charge >= 0.3 is 0 Å². The maximum Gasteiger partial charge on any atom is 0.161 e. The zero-order chi connectivity index (χ0) is 8.55. The summed E-state index contributed by atoms with van der Waals surface area (Å²) in [5.74, 6) is 0.822. The molecule has 12 heavy (non-hydrogen) atoms. The molecule has 0 aliphatic heterocycles. The van der Waals surface area contributed by atoms with Crippen molar-refractivity contribution in [3.8, 4) is 0 Å². The van der Waals surface area contributed by atoms with Gasteiger partial charge in [-0.1, -0.05) is 0 Å². The topological polar surface area (TPSA) is 47.3 Å². The van der Waals surface area contributed by atoms with Crippen LogP contribution < -0.4 is 0 Å². The molecule has 4 nitrogen and oxygen atoms in total. The summed E-state index contributed by atoms with van der Waals surface area (Å²) >= 11 is 0. The molecule has 0 fully saturated rings. The molecule has 0 aliphatic rings. The summed E-state index contributed by atoms with van der Waals surface area (Å²) in [6, 6.07) is 3.43. The van der Waals surface area contributed by atoms with Gasteiger partial charge in [0, 0.05) is 11.8 Å². The molecule has 0 aliphatic carbocycles. The van der Waals surface area contributed by atoms with Crippen molar-refractivity contribution >= 4 is 11.9 Å². The summed E-state index contributed by atoms with van der Waals surface area (Å²) in [6.07, 6.45) is 2.58. The van der Waals surface area contributed by atoms with Crippen LogP contribution in [0.2, 0.25) is 0 Å². The van der Waals surface area contributed by atoms with E-state index in [0.29, 0.717) is 11.2 Å². The second-order valence-electron chi connectivity index (χ2n) is 2.55. The molecule has 0 saturated carbocycles. The number of hydrogen-bond acceptors (Lipinski definition) is 3. The van der Waals surface area contributed by atoms with E-state index >= 15 is 0 Å². The minimum Gasteiger partial charge on any atom is -0.298 e. The molecule has 4 heteroatoms. The van der Waals surface area contributed by atoms with Crippen molar-refractivity contribution in [1.29, 1.82) is 0 Å². The van der Waals surface area contributed by atoms with E-state index in [1.54, 1.807) is 18.3 Å². The van der Waals surface area contributed by atoms with Crippen LogP contribution in [0.1, 0.15) is 16.2 Å². The molecule has 60 valence electrons. The highest BCUT2D eigenvalue weighted by Gasteiger charge is 1.99. The van der Waals surface area contributed by atoms with Crippen LogP contribution in [-0.4, -0.2) is 20.9 Å². The SMILES string of the molecule is Cc1nnc2cc(C=O)ccn12. The number of aromatic nitrogens is 3. The fourth-order valence-corrected chi connectivity index (χ4v) is 1.10. The van der Waals surface area contributed by atoms with Gasteiger partial charge in [-0.05, 0) is 19.1 Å². The Morgan fingerprint density at radius 1 is 1.50 bits per heavy atom. The first kappa shape index (κ1) is 6.97. The predicted octanol–water partition coefficient (Wildman–Crippen LogP) is 0.850. The molecular formula is C8H7N3O. The number of carbonyl (C=O) groups excluding carboxylic acids is 1. The van der Waals surface area contributed by atoms with Crippen molar-refractivity contribution in [2.24, 2.45) is 0 Å². The minimum atomic E-state index is 0.620. The molecule has 2 aromatic heterocycles. The van der Waals surface area contributed by atoms with Crippen LogP contribution in [0.15, 0.2) is 18.3 Å². The minimum absolute atomic E-state index is 0.620. The van der Waals surface area contributed by atoms with Gasteiger partial charge in [-0.15, -0.1) is 10.2 Å². The first-order chi connectivity index (χ1) is 5.81. The van der Waals surface area contributed by atoms with Crippen LogP contribution in [0, 0.1) is 6.92 Å². The summed E-state index contributed by atoms with van der Waals surface area (Å²) in [5.41, 5.74) is 1.33. The van der Waals surface area contributed by atoms with Crippen LogP contribution in [0.4, 0.5) is 0 Å². The largest absolute Gasteiger partial charge is 0.298 e. The molecule has 2 aromatic rings. The van der Waals surface area contributed by atoms with Crippen molar-refractivity contribution in [1.82, 2.24) is 14.6 Å². The summed E-state index contributed by atoms with van der Waals surface area (Å²) < 4.78 is 1.83. The summed E-state index contributed by atoms with van der Waals surface area (Å²) in [4.78, 5) is 10.4. The maximum absolute atomic E-state index is 10.4. The first-order valence-corrected chi connectivity index (χ1v) is 3.58. The van der Waals surface area contributed by atoms with Crippen LogP contribution in [0.3, 0.4) is 0 Å².